The van der Waals surface area contributed by atoms with E-state index in [-0.39, 0.29) is 30.1 Å². The van der Waals surface area contributed by atoms with Crippen LogP contribution in [0.1, 0.15) is 56.6 Å². The summed E-state index contributed by atoms with van der Waals surface area (Å²) < 4.78 is 13.1. The molecule has 3 N–H and O–H groups in total. The van der Waals surface area contributed by atoms with Crippen LogP contribution in [0.15, 0.2) is 24.3 Å². The van der Waals surface area contributed by atoms with Gasteiger partial charge in [0.2, 0.25) is 5.91 Å². The number of aliphatic hydroxyl groups is 1. The molecule has 2 aliphatic carbocycles. The predicted octanol–water partition coefficient (Wildman–Crippen LogP) is 3.67. The van der Waals surface area contributed by atoms with E-state index < -0.39 is 6.10 Å². The van der Waals surface area contributed by atoms with Gasteiger partial charge in [0.1, 0.15) is 5.82 Å². The number of nitrogens with zero attached hydrogens (tertiary/aromatic N) is 1. The molecule has 0 spiro atoms. The van der Waals surface area contributed by atoms with Crippen LogP contribution in [0.3, 0.4) is 0 Å². The minimum atomic E-state index is -0.588. The van der Waals surface area contributed by atoms with E-state index in [1.54, 1.807) is 12.1 Å². The summed E-state index contributed by atoms with van der Waals surface area (Å²) in [5, 5.41) is 10.6. The largest absolute Gasteiger partial charge is 0.388 e. The number of fused-ring (bicyclic) bond motifs is 2. The van der Waals surface area contributed by atoms with Gasteiger partial charge in [0, 0.05) is 25.0 Å². The van der Waals surface area contributed by atoms with Gasteiger partial charge in [-0.25, -0.2) is 4.39 Å². The number of amides is 1. The quantitative estimate of drug-likeness (QED) is 0.798. The van der Waals surface area contributed by atoms with Crippen molar-refractivity contribution in [3.8, 4) is 0 Å². The molecule has 1 amide bonds. The molecule has 0 radical (unpaired) electrons. The van der Waals surface area contributed by atoms with E-state index in [9.17, 15) is 14.3 Å². The van der Waals surface area contributed by atoms with Gasteiger partial charge >= 0.3 is 0 Å². The van der Waals surface area contributed by atoms with E-state index in [1.165, 1.54) is 31.4 Å². The first-order valence-corrected chi connectivity index (χ1v) is 10.5. The molecular weight excluding hydrogens is 379 g/mol. The summed E-state index contributed by atoms with van der Waals surface area (Å²) in [6.45, 7) is 1.42. The summed E-state index contributed by atoms with van der Waals surface area (Å²) in [5.74, 6) is 1.31. The topological polar surface area (TPSA) is 66.6 Å². The molecule has 1 saturated heterocycles. The molecule has 3 aliphatic rings. The Morgan fingerprint density at radius 3 is 2.21 bits per heavy atom. The van der Waals surface area contributed by atoms with Crippen molar-refractivity contribution in [1.29, 1.82) is 0 Å². The summed E-state index contributed by atoms with van der Waals surface area (Å²) >= 11 is 0. The zero-order valence-electron chi connectivity index (χ0n) is 16.3. The van der Waals surface area contributed by atoms with Crippen LogP contribution >= 0.6 is 12.4 Å². The third-order valence-corrected chi connectivity index (χ3v) is 7.27. The van der Waals surface area contributed by atoms with E-state index >= 15 is 0 Å². The smallest absolute Gasteiger partial charge is 0.225 e. The first-order chi connectivity index (χ1) is 13.0. The standard InChI is InChI=1S/C22H31FN2O2.ClH/c23-19-6-4-14(5-7-19)21(26)15-8-10-25(11-9-15)22(27)18-12-16-2-1-3-17(13-18)20(16)24;/h4-7,15-18,20-21,26H,1-3,8-13,24H2;1H. The number of rotatable bonds is 3. The van der Waals surface area contributed by atoms with Crippen LogP contribution in [0.25, 0.3) is 0 Å². The highest BCUT2D eigenvalue weighted by Gasteiger charge is 2.42. The van der Waals surface area contributed by atoms with Crippen molar-refractivity contribution >= 4 is 18.3 Å². The van der Waals surface area contributed by atoms with Gasteiger partial charge < -0.3 is 15.7 Å². The van der Waals surface area contributed by atoms with E-state index in [2.05, 4.69) is 0 Å². The SMILES string of the molecule is Cl.NC1C2CCCC1CC(C(=O)N1CCC(C(O)c3ccc(F)cc3)CC1)C2. The predicted molar refractivity (Wildman–Crippen MR) is 109 cm³/mol. The monoisotopic (exact) mass is 410 g/mol. The van der Waals surface area contributed by atoms with Gasteiger partial charge in [0.15, 0.2) is 0 Å². The number of hydrogen-bond acceptors (Lipinski definition) is 3. The molecule has 1 aromatic carbocycles. The van der Waals surface area contributed by atoms with Crippen molar-refractivity contribution < 1.29 is 14.3 Å². The van der Waals surface area contributed by atoms with Gasteiger partial charge in [-0.05, 0) is 74.0 Å². The van der Waals surface area contributed by atoms with E-state index in [1.807, 2.05) is 4.90 Å². The molecule has 1 aromatic rings. The van der Waals surface area contributed by atoms with Gasteiger partial charge in [-0.1, -0.05) is 18.6 Å². The van der Waals surface area contributed by atoms with Crippen LogP contribution in [0.4, 0.5) is 4.39 Å². The summed E-state index contributed by atoms with van der Waals surface area (Å²) in [6.07, 6.45) is 6.52. The normalized spacial score (nSPS) is 31.8. The number of likely N-dealkylation sites (tertiary alicyclic amines) is 1. The fourth-order valence-corrected chi connectivity index (χ4v) is 5.62. The van der Waals surface area contributed by atoms with Crippen molar-refractivity contribution in [2.24, 2.45) is 29.4 Å². The number of carbonyl (C=O) groups is 1. The molecule has 1 aliphatic heterocycles. The lowest BCUT2D eigenvalue weighted by Gasteiger charge is -2.45. The first-order valence-electron chi connectivity index (χ1n) is 10.5. The van der Waals surface area contributed by atoms with Gasteiger partial charge in [-0.15, -0.1) is 12.4 Å². The molecule has 156 valence electrons. The van der Waals surface area contributed by atoms with Crippen molar-refractivity contribution in [3.05, 3.63) is 35.6 Å². The molecule has 3 unspecified atom stereocenters. The Labute approximate surface area is 173 Å². The summed E-state index contributed by atoms with van der Waals surface area (Å²) in [5.41, 5.74) is 7.12. The van der Waals surface area contributed by atoms with E-state index in [4.69, 9.17) is 5.73 Å². The molecule has 3 fully saturated rings. The molecular formula is C22H32ClFN2O2. The Kier molecular flexibility index (Phi) is 7.00. The Bertz CT molecular complexity index is 649. The van der Waals surface area contributed by atoms with Gasteiger partial charge in [-0.2, -0.15) is 0 Å². The van der Waals surface area contributed by atoms with Crippen molar-refractivity contribution in [3.63, 3.8) is 0 Å². The fourth-order valence-electron chi connectivity index (χ4n) is 5.62. The zero-order chi connectivity index (χ0) is 19.0. The highest BCUT2D eigenvalue weighted by atomic mass is 35.5. The molecule has 0 aromatic heterocycles. The van der Waals surface area contributed by atoms with Crippen LogP contribution in [0, 0.1) is 29.5 Å². The Hall–Kier alpha value is -1.17. The molecule has 4 rings (SSSR count). The minimum Gasteiger partial charge on any atom is -0.388 e. The number of benzene rings is 1. The third-order valence-electron chi connectivity index (χ3n) is 7.27. The molecule has 1 heterocycles. The van der Waals surface area contributed by atoms with Crippen LogP contribution in [-0.2, 0) is 4.79 Å². The van der Waals surface area contributed by atoms with Gasteiger partial charge in [0.25, 0.3) is 0 Å². The van der Waals surface area contributed by atoms with E-state index in [0.29, 0.717) is 36.9 Å². The molecule has 4 nitrogen and oxygen atoms in total. The lowest BCUT2D eigenvalue weighted by molar-refractivity contribution is -0.140. The van der Waals surface area contributed by atoms with Gasteiger partial charge in [0.05, 0.1) is 6.10 Å². The summed E-state index contributed by atoms with van der Waals surface area (Å²) in [4.78, 5) is 15.1. The second-order valence-corrected chi connectivity index (χ2v) is 8.86. The van der Waals surface area contributed by atoms with Crippen molar-refractivity contribution in [1.82, 2.24) is 4.90 Å². The Morgan fingerprint density at radius 1 is 1.07 bits per heavy atom. The maximum absolute atomic E-state index is 13.1. The molecule has 6 heteroatoms. The van der Waals surface area contributed by atoms with Crippen LogP contribution < -0.4 is 5.73 Å². The number of hydrogen-bond donors (Lipinski definition) is 2. The minimum absolute atomic E-state index is 0. The lowest BCUT2D eigenvalue weighted by atomic mass is 9.65. The van der Waals surface area contributed by atoms with E-state index in [0.717, 1.165) is 31.2 Å². The highest BCUT2D eigenvalue weighted by Crippen LogP contribution is 2.43. The van der Waals surface area contributed by atoms with Crippen LogP contribution in [0.5, 0.6) is 0 Å². The average Bonchev–Trinajstić information content (AvgIpc) is 2.67. The second-order valence-electron chi connectivity index (χ2n) is 8.86. The molecule has 3 atom stereocenters. The average molecular weight is 411 g/mol. The number of nitrogens with two attached hydrogens (primary N) is 1. The van der Waals surface area contributed by atoms with Crippen molar-refractivity contribution in [2.75, 3.05) is 13.1 Å². The number of aliphatic hydroxyl groups excluding tert-OH is 1. The van der Waals surface area contributed by atoms with Crippen LogP contribution in [-0.4, -0.2) is 35.0 Å². The Morgan fingerprint density at radius 2 is 1.64 bits per heavy atom. The van der Waals surface area contributed by atoms with Crippen molar-refractivity contribution in [2.45, 2.75) is 57.1 Å². The number of carbonyl (C=O) groups excluding carboxylic acids is 1. The lowest BCUT2D eigenvalue weighted by Crippen LogP contribution is -2.50. The van der Waals surface area contributed by atoms with Crippen LogP contribution in [0.2, 0.25) is 0 Å². The second kappa shape index (κ2) is 9.10. The van der Waals surface area contributed by atoms with Gasteiger partial charge in [-0.3, -0.25) is 4.79 Å². The first kappa shape index (κ1) is 21.5. The molecule has 28 heavy (non-hydrogen) atoms. The Balaban J connectivity index is 0.00000225. The zero-order valence-corrected chi connectivity index (χ0v) is 17.1. The summed E-state index contributed by atoms with van der Waals surface area (Å²) in [7, 11) is 0. The number of piperidine rings is 1. The maximum Gasteiger partial charge on any atom is 0.225 e. The number of halogens is 2. The molecule has 2 bridgehead atoms. The fraction of sp³-hybridized carbons (Fsp3) is 0.682. The summed E-state index contributed by atoms with van der Waals surface area (Å²) in [6, 6.07) is 6.38. The highest BCUT2D eigenvalue weighted by molar-refractivity contribution is 5.85. The maximum atomic E-state index is 13.1. The molecule has 2 saturated carbocycles. The third kappa shape index (κ3) is 4.37.